The number of aromatic nitrogens is 6. The third kappa shape index (κ3) is 4.38. The van der Waals surface area contributed by atoms with Gasteiger partial charge in [0.25, 0.3) is 0 Å². The van der Waals surface area contributed by atoms with E-state index < -0.39 is 10.0 Å². The van der Waals surface area contributed by atoms with E-state index in [1.54, 1.807) is 23.1 Å². The van der Waals surface area contributed by atoms with Gasteiger partial charge in [0.15, 0.2) is 5.65 Å². The highest BCUT2D eigenvalue weighted by Crippen LogP contribution is 2.28. The number of hydrogen-bond acceptors (Lipinski definition) is 8. The maximum Gasteiger partial charge on any atom is 0.244 e. The third-order valence-electron chi connectivity index (χ3n) is 4.92. The van der Waals surface area contributed by atoms with Gasteiger partial charge in [-0.15, -0.1) is 5.10 Å². The number of nitrogens with zero attached hydrogens (tertiary/aromatic N) is 6. The Kier molecular flexibility index (Phi) is 5.60. The van der Waals surface area contributed by atoms with Crippen LogP contribution in [0.3, 0.4) is 0 Å². The van der Waals surface area contributed by atoms with Gasteiger partial charge in [0.1, 0.15) is 5.69 Å². The first-order chi connectivity index (χ1) is 14.3. The minimum atomic E-state index is -3.15. The van der Waals surface area contributed by atoms with E-state index in [0.717, 1.165) is 5.56 Å². The molecule has 0 amide bonds. The first-order valence-electron chi connectivity index (χ1n) is 9.90. The fourth-order valence-corrected chi connectivity index (χ4v) is 4.24. The molecule has 30 heavy (non-hydrogen) atoms. The molecule has 0 atom stereocenters. The van der Waals surface area contributed by atoms with Crippen molar-refractivity contribution in [1.82, 2.24) is 34.1 Å². The van der Waals surface area contributed by atoms with Crippen molar-refractivity contribution in [2.75, 3.05) is 31.3 Å². The van der Waals surface area contributed by atoms with Gasteiger partial charge in [-0.2, -0.15) is 14.6 Å². The van der Waals surface area contributed by atoms with Crippen molar-refractivity contribution in [3.8, 4) is 17.1 Å². The van der Waals surface area contributed by atoms with Crippen LogP contribution in [0.25, 0.3) is 16.9 Å². The van der Waals surface area contributed by atoms with Crippen molar-refractivity contribution in [2.24, 2.45) is 5.92 Å². The Hall–Kier alpha value is -2.73. The molecular formula is C18H26N8O3S. The molecule has 11 nitrogen and oxygen atoms in total. The van der Waals surface area contributed by atoms with Gasteiger partial charge >= 0.3 is 0 Å². The van der Waals surface area contributed by atoms with Gasteiger partial charge in [-0.1, -0.05) is 13.8 Å². The van der Waals surface area contributed by atoms with Crippen molar-refractivity contribution >= 4 is 21.6 Å². The lowest BCUT2D eigenvalue weighted by Crippen LogP contribution is -2.41. The SMILES string of the molecule is CC(C)COc1c(-c2cn[nH]c2)ncc2nc(NC3CCN(S(C)(=O)=O)CC3)nn12. The molecule has 0 aliphatic carbocycles. The number of aromatic amines is 1. The molecule has 1 saturated heterocycles. The highest BCUT2D eigenvalue weighted by molar-refractivity contribution is 7.88. The van der Waals surface area contributed by atoms with Crippen molar-refractivity contribution in [2.45, 2.75) is 32.7 Å². The first-order valence-corrected chi connectivity index (χ1v) is 11.8. The van der Waals surface area contributed by atoms with Gasteiger partial charge in [-0.3, -0.25) is 5.10 Å². The van der Waals surface area contributed by atoms with E-state index in [1.807, 2.05) is 0 Å². The molecule has 3 aromatic rings. The number of rotatable bonds is 7. The zero-order chi connectivity index (χ0) is 21.3. The zero-order valence-electron chi connectivity index (χ0n) is 17.2. The van der Waals surface area contributed by atoms with Gasteiger partial charge in [0.05, 0.1) is 25.3 Å². The summed E-state index contributed by atoms with van der Waals surface area (Å²) in [5.74, 6) is 1.31. The van der Waals surface area contributed by atoms with Crippen LogP contribution >= 0.6 is 0 Å². The molecule has 0 bridgehead atoms. The van der Waals surface area contributed by atoms with Crippen LogP contribution in [0.2, 0.25) is 0 Å². The molecule has 1 fully saturated rings. The third-order valence-corrected chi connectivity index (χ3v) is 6.22. The average molecular weight is 435 g/mol. The van der Waals surface area contributed by atoms with Crippen LogP contribution in [0.5, 0.6) is 5.88 Å². The van der Waals surface area contributed by atoms with Crippen molar-refractivity contribution in [3.63, 3.8) is 0 Å². The Labute approximate surface area is 174 Å². The Morgan fingerprint density at radius 2 is 2.07 bits per heavy atom. The average Bonchev–Trinajstić information content (AvgIpc) is 3.35. The molecule has 3 aromatic heterocycles. The number of anilines is 1. The van der Waals surface area contributed by atoms with Crippen molar-refractivity contribution in [3.05, 3.63) is 18.6 Å². The minimum absolute atomic E-state index is 0.0988. The van der Waals surface area contributed by atoms with Crippen molar-refractivity contribution < 1.29 is 13.2 Å². The molecule has 4 rings (SSSR count). The lowest BCUT2D eigenvalue weighted by molar-refractivity contribution is 0.255. The number of ether oxygens (including phenoxy) is 1. The van der Waals surface area contributed by atoms with Gasteiger partial charge in [-0.25, -0.2) is 17.7 Å². The van der Waals surface area contributed by atoms with E-state index in [9.17, 15) is 8.42 Å². The van der Waals surface area contributed by atoms with E-state index in [4.69, 9.17) is 4.74 Å². The molecule has 2 N–H and O–H groups in total. The molecular weight excluding hydrogens is 408 g/mol. The summed E-state index contributed by atoms with van der Waals surface area (Å²) >= 11 is 0. The minimum Gasteiger partial charge on any atom is -0.476 e. The topological polar surface area (TPSA) is 130 Å². The summed E-state index contributed by atoms with van der Waals surface area (Å²) in [6, 6.07) is 0.0988. The normalized spacial score (nSPS) is 16.4. The molecule has 0 aromatic carbocycles. The standard InChI is InChI=1S/C18H26N8O3S/c1-12(2)11-29-17-16(13-8-20-21-9-13)19-10-15-23-18(24-26(15)17)22-14-4-6-25(7-5-14)30(3,27)28/h8-10,12,14H,4-7,11H2,1-3H3,(H,20,21)(H,22,24). The molecule has 0 unspecified atom stereocenters. The summed E-state index contributed by atoms with van der Waals surface area (Å²) in [5, 5.41) is 14.7. The van der Waals surface area contributed by atoms with Crippen LogP contribution in [-0.4, -0.2) is 74.5 Å². The molecule has 1 aliphatic rings. The Bertz CT molecular complexity index is 1100. The summed E-state index contributed by atoms with van der Waals surface area (Å²) in [6.07, 6.45) is 7.71. The number of fused-ring (bicyclic) bond motifs is 1. The number of piperidine rings is 1. The van der Waals surface area contributed by atoms with Gasteiger partial charge in [0.2, 0.25) is 21.9 Å². The van der Waals surface area contributed by atoms with Gasteiger partial charge in [0, 0.05) is 30.9 Å². The smallest absolute Gasteiger partial charge is 0.244 e. The maximum absolute atomic E-state index is 11.7. The van der Waals surface area contributed by atoms with E-state index in [1.165, 1.54) is 10.6 Å². The Morgan fingerprint density at radius 3 is 2.70 bits per heavy atom. The van der Waals surface area contributed by atoms with Gasteiger partial charge < -0.3 is 10.1 Å². The van der Waals surface area contributed by atoms with Crippen LogP contribution in [0, 0.1) is 5.92 Å². The molecule has 0 saturated carbocycles. The summed E-state index contributed by atoms with van der Waals surface area (Å²) < 4.78 is 32.6. The van der Waals surface area contributed by atoms with E-state index >= 15 is 0 Å². The summed E-state index contributed by atoms with van der Waals surface area (Å²) in [4.78, 5) is 9.04. The zero-order valence-corrected chi connectivity index (χ0v) is 18.1. The molecule has 1 aliphatic heterocycles. The lowest BCUT2D eigenvalue weighted by atomic mass is 10.1. The van der Waals surface area contributed by atoms with E-state index in [0.29, 0.717) is 61.6 Å². The Morgan fingerprint density at radius 1 is 1.30 bits per heavy atom. The number of sulfonamides is 1. The summed E-state index contributed by atoms with van der Waals surface area (Å²) in [7, 11) is -3.15. The fraction of sp³-hybridized carbons (Fsp3) is 0.556. The molecule has 12 heteroatoms. The van der Waals surface area contributed by atoms with Gasteiger partial charge in [-0.05, 0) is 18.8 Å². The van der Waals surface area contributed by atoms with E-state index in [-0.39, 0.29) is 6.04 Å². The monoisotopic (exact) mass is 434 g/mol. The van der Waals surface area contributed by atoms with E-state index in [2.05, 4.69) is 44.4 Å². The second-order valence-electron chi connectivity index (χ2n) is 7.89. The number of H-pyrrole nitrogens is 1. The summed E-state index contributed by atoms with van der Waals surface area (Å²) in [5.41, 5.74) is 2.00. The molecule has 0 spiro atoms. The van der Waals surface area contributed by atoms with Crippen molar-refractivity contribution in [1.29, 1.82) is 0 Å². The molecule has 162 valence electrons. The van der Waals surface area contributed by atoms with Crippen LogP contribution in [0.15, 0.2) is 18.6 Å². The highest BCUT2D eigenvalue weighted by atomic mass is 32.2. The summed E-state index contributed by atoms with van der Waals surface area (Å²) in [6.45, 7) is 5.63. The quantitative estimate of drug-likeness (QED) is 0.570. The number of hydrogen-bond donors (Lipinski definition) is 2. The van der Waals surface area contributed by atoms with Crippen LogP contribution in [-0.2, 0) is 10.0 Å². The maximum atomic E-state index is 11.7. The fourth-order valence-electron chi connectivity index (χ4n) is 3.36. The lowest BCUT2D eigenvalue weighted by Gasteiger charge is -2.30. The molecule has 0 radical (unpaired) electrons. The largest absolute Gasteiger partial charge is 0.476 e. The predicted molar refractivity (Wildman–Crippen MR) is 112 cm³/mol. The second kappa shape index (κ2) is 8.19. The number of nitrogens with one attached hydrogen (secondary N) is 2. The predicted octanol–water partition coefficient (Wildman–Crippen LogP) is 1.39. The van der Waals surface area contributed by atoms with Crippen LogP contribution in [0.4, 0.5) is 5.95 Å². The first kappa shape index (κ1) is 20.5. The van der Waals surface area contributed by atoms with Crippen LogP contribution in [0.1, 0.15) is 26.7 Å². The molecule has 4 heterocycles. The highest BCUT2D eigenvalue weighted by Gasteiger charge is 2.26. The Balaban J connectivity index is 1.58. The second-order valence-corrected chi connectivity index (χ2v) is 9.87. The van der Waals surface area contributed by atoms with Crippen LogP contribution < -0.4 is 10.1 Å².